The summed E-state index contributed by atoms with van der Waals surface area (Å²) in [6, 6.07) is 16.2. The number of aliphatic hydroxyl groups is 1. The lowest BCUT2D eigenvalue weighted by molar-refractivity contribution is -0.129. The third-order valence-electron chi connectivity index (χ3n) is 5.64. The summed E-state index contributed by atoms with van der Waals surface area (Å²) in [7, 11) is 0. The molecule has 2 N–H and O–H groups in total. The minimum atomic E-state index is -0.180. The predicted molar refractivity (Wildman–Crippen MR) is 132 cm³/mol. The zero-order valence-corrected chi connectivity index (χ0v) is 19.5. The molecule has 9 nitrogen and oxygen atoms in total. The summed E-state index contributed by atoms with van der Waals surface area (Å²) in [4.78, 5) is 46.3. The number of aliphatic hydroxyl groups excluding tert-OH is 1. The molecular weight excluding hydrogens is 454 g/mol. The lowest BCUT2D eigenvalue weighted by Crippen LogP contribution is -2.52. The van der Waals surface area contributed by atoms with Crippen molar-refractivity contribution in [3.8, 4) is 0 Å². The number of piperazine rings is 1. The Morgan fingerprint density at radius 3 is 2.38 bits per heavy atom. The number of carbonyl (C=O) groups excluding carboxylic acids is 2. The van der Waals surface area contributed by atoms with Crippen molar-refractivity contribution in [3.63, 3.8) is 0 Å². The van der Waals surface area contributed by atoms with Crippen molar-refractivity contribution < 1.29 is 14.7 Å². The first-order valence-electron chi connectivity index (χ1n) is 11.2. The quantitative estimate of drug-likeness (QED) is 0.396. The average Bonchev–Trinajstić information content (AvgIpc) is 2.87. The first-order valence-corrected chi connectivity index (χ1v) is 12.2. The number of nitrogens with one attached hydrogen (secondary N) is 1. The fourth-order valence-electron chi connectivity index (χ4n) is 3.78. The van der Waals surface area contributed by atoms with Gasteiger partial charge >= 0.3 is 6.03 Å². The van der Waals surface area contributed by atoms with Crippen LogP contribution in [-0.4, -0.2) is 74.9 Å². The van der Waals surface area contributed by atoms with Gasteiger partial charge in [0.1, 0.15) is 0 Å². The second kappa shape index (κ2) is 11.2. The fourth-order valence-corrected chi connectivity index (χ4v) is 4.71. The van der Waals surface area contributed by atoms with Crippen LogP contribution in [0.4, 0.5) is 10.5 Å². The van der Waals surface area contributed by atoms with Gasteiger partial charge in [0.25, 0.3) is 5.56 Å². The van der Waals surface area contributed by atoms with E-state index in [0.29, 0.717) is 55.2 Å². The maximum Gasteiger partial charge on any atom is 0.321 e. The number of hydrogen-bond donors (Lipinski definition) is 2. The molecule has 178 valence electrons. The molecule has 0 bridgehead atoms. The number of para-hydroxylation sites is 2. The van der Waals surface area contributed by atoms with E-state index < -0.39 is 0 Å². The third kappa shape index (κ3) is 5.57. The van der Waals surface area contributed by atoms with Crippen molar-refractivity contribution in [2.45, 2.75) is 18.1 Å². The molecule has 4 rings (SSSR count). The predicted octanol–water partition coefficient (Wildman–Crippen LogP) is 2.25. The van der Waals surface area contributed by atoms with E-state index in [1.165, 1.54) is 16.3 Å². The van der Waals surface area contributed by atoms with Crippen LogP contribution in [-0.2, 0) is 11.3 Å². The molecule has 1 aliphatic heterocycles. The van der Waals surface area contributed by atoms with Gasteiger partial charge in [0, 0.05) is 45.0 Å². The second-order valence-corrected chi connectivity index (χ2v) is 8.84. The van der Waals surface area contributed by atoms with Gasteiger partial charge in [0.2, 0.25) is 5.91 Å². The second-order valence-electron chi connectivity index (χ2n) is 7.90. The summed E-state index contributed by atoms with van der Waals surface area (Å²) in [5.74, 6) is 0.0735. The molecule has 1 aliphatic rings. The Morgan fingerprint density at radius 1 is 0.971 bits per heavy atom. The Bertz CT molecular complexity index is 1210. The largest absolute Gasteiger partial charge is 0.396 e. The van der Waals surface area contributed by atoms with Gasteiger partial charge in [-0.05, 0) is 30.7 Å². The number of thioether (sulfide) groups is 1. The third-order valence-corrected chi connectivity index (χ3v) is 6.60. The van der Waals surface area contributed by atoms with E-state index in [1.54, 1.807) is 28.0 Å². The molecule has 2 heterocycles. The van der Waals surface area contributed by atoms with Crippen molar-refractivity contribution in [1.29, 1.82) is 0 Å². The molecule has 0 aliphatic carbocycles. The molecule has 0 saturated carbocycles. The van der Waals surface area contributed by atoms with Gasteiger partial charge in [0.15, 0.2) is 5.16 Å². The Labute approximate surface area is 201 Å². The standard InChI is InChI=1S/C24H27N5O4S/c30-16-6-11-29-22(32)19-9-4-5-10-20(19)26-24(29)34-17-21(31)27-12-14-28(15-13-27)23(33)25-18-7-2-1-3-8-18/h1-5,7-10,30H,6,11-17H2,(H,25,33). The SMILES string of the molecule is O=C(CSc1nc2ccccc2c(=O)n1CCCO)N1CCN(C(=O)Nc2ccccc2)CC1. The first-order chi connectivity index (χ1) is 16.6. The summed E-state index contributed by atoms with van der Waals surface area (Å²) in [6.07, 6.45) is 0.425. The number of amides is 3. The topological polar surface area (TPSA) is 108 Å². The molecule has 1 saturated heterocycles. The van der Waals surface area contributed by atoms with Gasteiger partial charge in [-0.25, -0.2) is 9.78 Å². The van der Waals surface area contributed by atoms with Crippen molar-refractivity contribution >= 4 is 40.3 Å². The minimum absolute atomic E-state index is 0.0373. The number of anilines is 1. The van der Waals surface area contributed by atoms with E-state index in [2.05, 4.69) is 10.3 Å². The molecule has 0 atom stereocenters. The fraction of sp³-hybridized carbons (Fsp3) is 0.333. The van der Waals surface area contributed by atoms with Crippen LogP contribution in [0.3, 0.4) is 0 Å². The van der Waals surface area contributed by atoms with Crippen molar-refractivity contribution in [2.24, 2.45) is 0 Å². The van der Waals surface area contributed by atoms with E-state index in [9.17, 15) is 19.5 Å². The summed E-state index contributed by atoms with van der Waals surface area (Å²) in [5, 5.41) is 13.1. The molecule has 0 radical (unpaired) electrons. The van der Waals surface area contributed by atoms with E-state index in [1.807, 2.05) is 36.4 Å². The number of fused-ring (bicyclic) bond motifs is 1. The monoisotopic (exact) mass is 481 g/mol. The highest BCUT2D eigenvalue weighted by Gasteiger charge is 2.24. The lowest BCUT2D eigenvalue weighted by atomic mass is 10.2. The molecule has 0 spiro atoms. The number of urea groups is 1. The molecule has 2 aromatic carbocycles. The molecule has 10 heteroatoms. The smallest absolute Gasteiger partial charge is 0.321 e. The Balaban J connectivity index is 1.36. The molecule has 34 heavy (non-hydrogen) atoms. The highest BCUT2D eigenvalue weighted by Crippen LogP contribution is 2.19. The molecule has 1 aromatic heterocycles. The van der Waals surface area contributed by atoms with Crippen molar-refractivity contribution in [3.05, 3.63) is 65.0 Å². The maximum absolute atomic E-state index is 12.9. The number of rotatable bonds is 7. The van der Waals surface area contributed by atoms with Crippen LogP contribution in [0.15, 0.2) is 64.5 Å². The zero-order chi connectivity index (χ0) is 23.9. The van der Waals surface area contributed by atoms with Crippen molar-refractivity contribution in [1.82, 2.24) is 19.4 Å². The van der Waals surface area contributed by atoms with Gasteiger partial charge in [0.05, 0.1) is 16.7 Å². The molecular formula is C24H27N5O4S. The van der Waals surface area contributed by atoms with Crippen LogP contribution < -0.4 is 10.9 Å². The molecule has 3 amide bonds. The van der Waals surface area contributed by atoms with E-state index in [-0.39, 0.29) is 29.9 Å². The summed E-state index contributed by atoms with van der Waals surface area (Å²) < 4.78 is 1.53. The Hall–Kier alpha value is -3.37. The van der Waals surface area contributed by atoms with Crippen LogP contribution in [0, 0.1) is 0 Å². The van der Waals surface area contributed by atoms with E-state index >= 15 is 0 Å². The van der Waals surface area contributed by atoms with Gasteiger partial charge in [-0.15, -0.1) is 0 Å². The van der Waals surface area contributed by atoms with Crippen LogP contribution in [0.25, 0.3) is 10.9 Å². The lowest BCUT2D eigenvalue weighted by Gasteiger charge is -2.34. The van der Waals surface area contributed by atoms with Crippen LogP contribution in [0.5, 0.6) is 0 Å². The highest BCUT2D eigenvalue weighted by atomic mass is 32.2. The summed E-state index contributed by atoms with van der Waals surface area (Å²) in [5.41, 5.74) is 1.14. The average molecular weight is 482 g/mol. The number of aromatic nitrogens is 2. The number of nitrogens with zero attached hydrogens (tertiary/aromatic N) is 4. The Kier molecular flexibility index (Phi) is 7.81. The minimum Gasteiger partial charge on any atom is -0.396 e. The van der Waals surface area contributed by atoms with Crippen molar-refractivity contribution in [2.75, 3.05) is 43.9 Å². The van der Waals surface area contributed by atoms with Gasteiger partial charge in [-0.2, -0.15) is 0 Å². The maximum atomic E-state index is 12.9. The summed E-state index contributed by atoms with van der Waals surface area (Å²) >= 11 is 1.22. The Morgan fingerprint density at radius 2 is 1.65 bits per heavy atom. The zero-order valence-electron chi connectivity index (χ0n) is 18.7. The normalized spacial score (nSPS) is 13.8. The first kappa shape index (κ1) is 23.8. The highest BCUT2D eigenvalue weighted by molar-refractivity contribution is 7.99. The van der Waals surface area contributed by atoms with Gasteiger partial charge in [-0.3, -0.25) is 14.2 Å². The number of benzene rings is 2. The van der Waals surface area contributed by atoms with Crippen LogP contribution in [0.2, 0.25) is 0 Å². The van der Waals surface area contributed by atoms with E-state index in [0.717, 1.165) is 5.69 Å². The van der Waals surface area contributed by atoms with Gasteiger partial charge in [-0.1, -0.05) is 42.1 Å². The molecule has 3 aromatic rings. The van der Waals surface area contributed by atoms with Crippen LogP contribution in [0.1, 0.15) is 6.42 Å². The summed E-state index contributed by atoms with van der Waals surface area (Å²) in [6.45, 7) is 2.09. The molecule has 1 fully saturated rings. The van der Waals surface area contributed by atoms with E-state index in [4.69, 9.17) is 0 Å². The number of carbonyl (C=O) groups is 2. The van der Waals surface area contributed by atoms with Gasteiger partial charge < -0.3 is 20.2 Å². The number of hydrogen-bond acceptors (Lipinski definition) is 6. The van der Waals surface area contributed by atoms with Crippen LogP contribution >= 0.6 is 11.8 Å². The molecule has 0 unspecified atom stereocenters.